The number of nitrogens with zero attached hydrogens (tertiary/aromatic N) is 2. The average molecular weight is 392 g/mol. The Labute approximate surface area is 158 Å². The highest BCUT2D eigenvalue weighted by molar-refractivity contribution is 5.73. The molecule has 1 atom stereocenters. The van der Waals surface area contributed by atoms with Gasteiger partial charge in [0.05, 0.1) is 30.7 Å². The van der Waals surface area contributed by atoms with Crippen LogP contribution in [-0.2, 0) is 17.4 Å². The van der Waals surface area contributed by atoms with Crippen molar-refractivity contribution in [2.24, 2.45) is 7.05 Å². The number of hydrogen-bond acceptors (Lipinski definition) is 3. The van der Waals surface area contributed by atoms with Gasteiger partial charge in [-0.1, -0.05) is 0 Å². The maximum Gasteiger partial charge on any atom is 0.161 e. The van der Waals surface area contributed by atoms with Gasteiger partial charge in [0.1, 0.15) is 29.0 Å². The number of epoxide rings is 1. The Morgan fingerprint density at radius 2 is 1.68 bits per heavy atom. The van der Waals surface area contributed by atoms with Crippen LogP contribution in [0, 0.1) is 30.2 Å². The molecular weight excluding hydrogens is 376 g/mol. The van der Waals surface area contributed by atoms with E-state index < -0.39 is 28.9 Å². The fourth-order valence-electron chi connectivity index (χ4n) is 3.64. The molecular formula is C20H16F4N2O2. The highest BCUT2D eigenvalue weighted by Crippen LogP contribution is 2.50. The number of ether oxygens (including phenoxy) is 2. The zero-order valence-electron chi connectivity index (χ0n) is 15.3. The van der Waals surface area contributed by atoms with Gasteiger partial charge < -0.3 is 9.47 Å². The third-order valence-electron chi connectivity index (χ3n) is 4.91. The van der Waals surface area contributed by atoms with Crippen molar-refractivity contribution in [2.45, 2.75) is 12.5 Å². The van der Waals surface area contributed by atoms with Crippen LogP contribution in [0.25, 0.3) is 11.1 Å². The number of rotatable bonds is 4. The molecule has 3 aromatic rings. The zero-order valence-corrected chi connectivity index (χ0v) is 15.3. The maximum atomic E-state index is 14.8. The summed E-state index contributed by atoms with van der Waals surface area (Å²) in [4.78, 5) is 0. The molecule has 1 unspecified atom stereocenters. The molecule has 0 aliphatic carbocycles. The number of halogens is 4. The van der Waals surface area contributed by atoms with Gasteiger partial charge in [-0.05, 0) is 19.1 Å². The Hall–Kier alpha value is -2.87. The van der Waals surface area contributed by atoms with E-state index in [2.05, 4.69) is 5.10 Å². The number of benzene rings is 2. The van der Waals surface area contributed by atoms with Crippen molar-refractivity contribution in [3.8, 4) is 16.9 Å². The monoisotopic (exact) mass is 392 g/mol. The highest BCUT2D eigenvalue weighted by atomic mass is 19.1. The zero-order chi connectivity index (χ0) is 20.2. The lowest BCUT2D eigenvalue weighted by molar-refractivity contribution is 0.328. The highest BCUT2D eigenvalue weighted by Gasteiger charge is 2.54. The second-order valence-electron chi connectivity index (χ2n) is 6.64. The third-order valence-corrected chi connectivity index (χ3v) is 4.91. The summed E-state index contributed by atoms with van der Waals surface area (Å²) in [6.07, 6.45) is 0. The van der Waals surface area contributed by atoms with Crippen molar-refractivity contribution in [1.29, 1.82) is 0 Å². The van der Waals surface area contributed by atoms with Gasteiger partial charge in [-0.3, -0.25) is 4.68 Å². The van der Waals surface area contributed by atoms with Gasteiger partial charge in [0, 0.05) is 36.4 Å². The maximum absolute atomic E-state index is 14.8. The largest absolute Gasteiger partial charge is 0.497 e. The van der Waals surface area contributed by atoms with Gasteiger partial charge in [0.25, 0.3) is 0 Å². The topological polar surface area (TPSA) is 39.6 Å². The smallest absolute Gasteiger partial charge is 0.161 e. The lowest BCUT2D eigenvalue weighted by Crippen LogP contribution is -2.19. The lowest BCUT2D eigenvalue weighted by Gasteiger charge is -2.17. The van der Waals surface area contributed by atoms with Crippen molar-refractivity contribution in [2.75, 3.05) is 13.7 Å². The van der Waals surface area contributed by atoms with Crippen LogP contribution in [-0.4, -0.2) is 23.5 Å². The van der Waals surface area contributed by atoms with Crippen LogP contribution in [0.4, 0.5) is 17.6 Å². The summed E-state index contributed by atoms with van der Waals surface area (Å²) in [6, 6.07) is 5.25. The Bertz CT molecular complexity index is 1070. The number of aryl methyl sites for hydroxylation is 2. The first kappa shape index (κ1) is 18.5. The molecule has 4 rings (SSSR count). The van der Waals surface area contributed by atoms with E-state index in [1.54, 1.807) is 14.0 Å². The quantitative estimate of drug-likeness (QED) is 0.493. The van der Waals surface area contributed by atoms with Gasteiger partial charge in [-0.25, -0.2) is 17.6 Å². The molecule has 2 aromatic carbocycles. The van der Waals surface area contributed by atoms with E-state index in [4.69, 9.17) is 9.47 Å². The SMILES string of the molecule is COc1cc(F)c(-c2c(C)nn(C)c2C2(c3ccc(F)cc3F)CO2)c(F)c1. The summed E-state index contributed by atoms with van der Waals surface area (Å²) in [5.41, 5.74) is -0.730. The second-order valence-corrected chi connectivity index (χ2v) is 6.64. The summed E-state index contributed by atoms with van der Waals surface area (Å²) < 4.78 is 69.3. The fourth-order valence-corrected chi connectivity index (χ4v) is 3.64. The Kier molecular flexibility index (Phi) is 4.19. The Morgan fingerprint density at radius 1 is 1.04 bits per heavy atom. The molecule has 1 fully saturated rings. The summed E-state index contributed by atoms with van der Waals surface area (Å²) in [6.45, 7) is 1.67. The molecule has 1 aromatic heterocycles. The molecule has 1 aliphatic rings. The van der Waals surface area contributed by atoms with Gasteiger partial charge in [-0.15, -0.1) is 0 Å². The van der Waals surface area contributed by atoms with Gasteiger partial charge in [-0.2, -0.15) is 5.10 Å². The average Bonchev–Trinajstić information content (AvgIpc) is 3.35. The predicted molar refractivity (Wildman–Crippen MR) is 92.9 cm³/mol. The molecule has 2 heterocycles. The second kappa shape index (κ2) is 6.34. The van der Waals surface area contributed by atoms with Crippen molar-refractivity contribution < 1.29 is 27.0 Å². The molecule has 0 bridgehead atoms. The third kappa shape index (κ3) is 2.67. The van der Waals surface area contributed by atoms with E-state index in [1.807, 2.05) is 0 Å². The van der Waals surface area contributed by atoms with Crippen molar-refractivity contribution >= 4 is 0 Å². The summed E-state index contributed by atoms with van der Waals surface area (Å²) in [5, 5.41) is 4.27. The molecule has 0 saturated carbocycles. The fraction of sp³-hybridized carbons (Fsp3) is 0.250. The molecule has 1 aliphatic heterocycles. The Balaban J connectivity index is 1.97. The molecule has 8 heteroatoms. The molecule has 28 heavy (non-hydrogen) atoms. The summed E-state index contributed by atoms with van der Waals surface area (Å²) >= 11 is 0. The molecule has 1 saturated heterocycles. The van der Waals surface area contributed by atoms with E-state index in [1.165, 1.54) is 17.9 Å². The molecule has 146 valence electrons. The predicted octanol–water partition coefficient (Wildman–Crippen LogP) is 4.23. The normalized spacial score (nSPS) is 18.4. The lowest BCUT2D eigenvalue weighted by atomic mass is 9.89. The standard InChI is InChI=1S/C20H16F4N2O2/c1-10-17(18-15(23)7-12(27-3)8-16(18)24)19(26(2)25-10)20(9-28-20)13-5-4-11(21)6-14(13)22/h4-8H,9H2,1-3H3. The van der Waals surface area contributed by atoms with Gasteiger partial charge in [0.2, 0.25) is 0 Å². The van der Waals surface area contributed by atoms with Crippen LogP contribution in [0.2, 0.25) is 0 Å². The van der Waals surface area contributed by atoms with E-state index >= 15 is 0 Å². The first-order valence-electron chi connectivity index (χ1n) is 8.45. The van der Waals surface area contributed by atoms with Crippen molar-refractivity contribution in [3.63, 3.8) is 0 Å². The minimum atomic E-state index is -1.30. The van der Waals surface area contributed by atoms with E-state index in [9.17, 15) is 17.6 Å². The van der Waals surface area contributed by atoms with Gasteiger partial charge in [0.15, 0.2) is 5.60 Å². The Morgan fingerprint density at radius 3 is 2.21 bits per heavy atom. The number of aromatic nitrogens is 2. The summed E-state index contributed by atoms with van der Waals surface area (Å²) in [5.74, 6) is -3.19. The van der Waals surface area contributed by atoms with Crippen LogP contribution in [0.15, 0.2) is 30.3 Å². The first-order chi connectivity index (χ1) is 13.3. The number of methoxy groups -OCH3 is 1. The molecule has 0 amide bonds. The van der Waals surface area contributed by atoms with Crippen LogP contribution >= 0.6 is 0 Å². The van der Waals surface area contributed by atoms with E-state index in [-0.39, 0.29) is 29.0 Å². The van der Waals surface area contributed by atoms with Crippen LogP contribution in [0.1, 0.15) is 17.0 Å². The van der Waals surface area contributed by atoms with Crippen LogP contribution in [0.5, 0.6) is 5.75 Å². The van der Waals surface area contributed by atoms with Crippen molar-refractivity contribution in [1.82, 2.24) is 9.78 Å². The number of hydrogen-bond donors (Lipinski definition) is 0. The first-order valence-corrected chi connectivity index (χ1v) is 8.45. The van der Waals surface area contributed by atoms with Gasteiger partial charge >= 0.3 is 0 Å². The van der Waals surface area contributed by atoms with Crippen molar-refractivity contribution in [3.05, 3.63) is 70.6 Å². The molecule has 0 spiro atoms. The summed E-state index contributed by atoms with van der Waals surface area (Å²) in [7, 11) is 2.88. The minimum absolute atomic E-state index is 0.0313. The molecule has 0 radical (unpaired) electrons. The molecule has 0 N–H and O–H groups in total. The van der Waals surface area contributed by atoms with E-state index in [0.717, 1.165) is 24.3 Å². The molecule has 4 nitrogen and oxygen atoms in total. The van der Waals surface area contributed by atoms with E-state index in [0.29, 0.717) is 11.4 Å². The van der Waals surface area contributed by atoms with Crippen LogP contribution < -0.4 is 4.74 Å². The minimum Gasteiger partial charge on any atom is -0.497 e. The van der Waals surface area contributed by atoms with Crippen LogP contribution in [0.3, 0.4) is 0 Å².